The Morgan fingerprint density at radius 1 is 1.11 bits per heavy atom. The zero-order valence-corrected chi connectivity index (χ0v) is 15.7. The molecular weight excluding hydrogens is 345 g/mol. The molecule has 0 radical (unpaired) electrons. The van der Waals surface area contributed by atoms with Gasteiger partial charge in [0, 0.05) is 38.9 Å². The topological polar surface area (TPSA) is 61.4 Å². The number of carbonyl (C=O) groups is 1. The Balaban J connectivity index is 1.58. The summed E-state index contributed by atoms with van der Waals surface area (Å²) in [5.41, 5.74) is 1.01. The highest BCUT2D eigenvalue weighted by atomic mass is 19.1. The molecule has 1 fully saturated rings. The molecule has 144 valence electrons. The Hall–Kier alpha value is -2.70. The van der Waals surface area contributed by atoms with E-state index in [4.69, 9.17) is 0 Å². The SMILES string of the molecule is CCCCCNC(=O)c1ccnc(N2CCN(c3ccccc3F)CC2)n1. The number of hydrogen-bond donors (Lipinski definition) is 1. The van der Waals surface area contributed by atoms with E-state index in [9.17, 15) is 9.18 Å². The summed E-state index contributed by atoms with van der Waals surface area (Å²) in [5.74, 6) is 0.174. The smallest absolute Gasteiger partial charge is 0.270 e. The highest BCUT2D eigenvalue weighted by Gasteiger charge is 2.21. The van der Waals surface area contributed by atoms with Crippen LogP contribution >= 0.6 is 0 Å². The lowest BCUT2D eigenvalue weighted by Crippen LogP contribution is -2.47. The Labute approximate surface area is 159 Å². The van der Waals surface area contributed by atoms with Gasteiger partial charge in [0.15, 0.2) is 0 Å². The van der Waals surface area contributed by atoms with Crippen LogP contribution in [0.25, 0.3) is 0 Å². The molecule has 2 heterocycles. The summed E-state index contributed by atoms with van der Waals surface area (Å²) in [6, 6.07) is 8.45. The van der Waals surface area contributed by atoms with Gasteiger partial charge in [0.1, 0.15) is 11.5 Å². The standard InChI is InChI=1S/C20H26FN5O/c1-2-3-6-10-22-19(27)17-9-11-23-20(24-17)26-14-12-25(13-15-26)18-8-5-4-7-16(18)21/h4-5,7-9,11H,2-3,6,10,12-15H2,1H3,(H,22,27). The van der Waals surface area contributed by atoms with Crippen molar-refractivity contribution in [3.05, 3.63) is 48.0 Å². The van der Waals surface area contributed by atoms with Crippen LogP contribution in [0.15, 0.2) is 36.5 Å². The highest BCUT2D eigenvalue weighted by molar-refractivity contribution is 5.92. The van der Waals surface area contributed by atoms with Crippen molar-refractivity contribution in [3.8, 4) is 0 Å². The third-order valence-corrected chi connectivity index (χ3v) is 4.70. The Morgan fingerprint density at radius 3 is 2.59 bits per heavy atom. The zero-order valence-electron chi connectivity index (χ0n) is 15.7. The predicted molar refractivity (Wildman–Crippen MR) is 105 cm³/mol. The van der Waals surface area contributed by atoms with Crippen molar-refractivity contribution < 1.29 is 9.18 Å². The molecule has 3 rings (SSSR count). The minimum Gasteiger partial charge on any atom is -0.366 e. The number of anilines is 2. The van der Waals surface area contributed by atoms with Crippen LogP contribution in [0, 0.1) is 5.82 Å². The van der Waals surface area contributed by atoms with Crippen molar-refractivity contribution in [1.29, 1.82) is 0 Å². The molecule has 0 bridgehead atoms. The Kier molecular flexibility index (Phi) is 6.57. The second kappa shape index (κ2) is 9.30. The largest absolute Gasteiger partial charge is 0.366 e. The zero-order chi connectivity index (χ0) is 19.1. The molecule has 0 aliphatic carbocycles. The lowest BCUT2D eigenvalue weighted by atomic mass is 10.2. The number of benzene rings is 1. The van der Waals surface area contributed by atoms with Gasteiger partial charge in [-0.2, -0.15) is 0 Å². The monoisotopic (exact) mass is 371 g/mol. The fourth-order valence-corrected chi connectivity index (χ4v) is 3.15. The summed E-state index contributed by atoms with van der Waals surface area (Å²) in [4.78, 5) is 25.0. The van der Waals surface area contributed by atoms with E-state index in [0.29, 0.717) is 50.1 Å². The van der Waals surface area contributed by atoms with Gasteiger partial charge in [0.2, 0.25) is 5.95 Å². The van der Waals surface area contributed by atoms with Crippen LogP contribution in [0.4, 0.5) is 16.0 Å². The first-order chi connectivity index (χ1) is 13.2. The second-order valence-corrected chi connectivity index (χ2v) is 6.63. The number of carbonyl (C=O) groups excluding carboxylic acids is 1. The molecule has 1 aliphatic heterocycles. The fraction of sp³-hybridized carbons (Fsp3) is 0.450. The summed E-state index contributed by atoms with van der Waals surface area (Å²) in [6.45, 7) is 5.50. The van der Waals surface area contributed by atoms with Gasteiger partial charge in [0.25, 0.3) is 5.91 Å². The molecule has 0 spiro atoms. The van der Waals surface area contributed by atoms with Gasteiger partial charge < -0.3 is 15.1 Å². The van der Waals surface area contributed by atoms with Crippen molar-refractivity contribution in [1.82, 2.24) is 15.3 Å². The first kappa shape index (κ1) is 19.1. The van der Waals surface area contributed by atoms with Gasteiger partial charge in [-0.15, -0.1) is 0 Å². The Morgan fingerprint density at radius 2 is 1.85 bits per heavy atom. The van der Waals surface area contributed by atoms with Crippen LogP contribution in [0.2, 0.25) is 0 Å². The van der Waals surface area contributed by atoms with Crippen molar-refractivity contribution in [2.45, 2.75) is 26.2 Å². The number of para-hydroxylation sites is 1. The molecule has 0 atom stereocenters. The maximum atomic E-state index is 14.0. The number of hydrogen-bond acceptors (Lipinski definition) is 5. The van der Waals surface area contributed by atoms with Gasteiger partial charge in [-0.25, -0.2) is 14.4 Å². The van der Waals surface area contributed by atoms with E-state index in [1.807, 2.05) is 15.9 Å². The Bertz CT molecular complexity index is 762. The summed E-state index contributed by atoms with van der Waals surface area (Å²) in [5, 5.41) is 2.90. The maximum absolute atomic E-state index is 14.0. The van der Waals surface area contributed by atoms with Gasteiger partial charge in [-0.05, 0) is 24.6 Å². The predicted octanol–water partition coefficient (Wildman–Crippen LogP) is 2.86. The molecule has 0 unspecified atom stereocenters. The quantitative estimate of drug-likeness (QED) is 0.759. The van der Waals surface area contributed by atoms with E-state index in [0.717, 1.165) is 19.3 Å². The van der Waals surface area contributed by atoms with Crippen molar-refractivity contribution in [3.63, 3.8) is 0 Å². The molecular formula is C20H26FN5O. The summed E-state index contributed by atoms with van der Waals surface area (Å²) in [7, 11) is 0. The number of aromatic nitrogens is 2. The molecule has 6 nitrogen and oxygen atoms in total. The lowest BCUT2D eigenvalue weighted by Gasteiger charge is -2.36. The summed E-state index contributed by atoms with van der Waals surface area (Å²) in [6.07, 6.45) is 4.80. The minimum absolute atomic E-state index is 0.167. The summed E-state index contributed by atoms with van der Waals surface area (Å²) >= 11 is 0. The molecule has 7 heteroatoms. The van der Waals surface area contributed by atoms with E-state index in [2.05, 4.69) is 22.2 Å². The first-order valence-corrected chi connectivity index (χ1v) is 9.54. The van der Waals surface area contributed by atoms with E-state index < -0.39 is 0 Å². The van der Waals surface area contributed by atoms with Crippen LogP contribution in [0.5, 0.6) is 0 Å². The molecule has 1 aromatic heterocycles. The average Bonchev–Trinajstić information content (AvgIpc) is 2.72. The van der Waals surface area contributed by atoms with Gasteiger partial charge in [-0.1, -0.05) is 31.9 Å². The average molecular weight is 371 g/mol. The molecule has 1 N–H and O–H groups in total. The van der Waals surface area contributed by atoms with Gasteiger partial charge >= 0.3 is 0 Å². The number of rotatable bonds is 7. The number of halogens is 1. The molecule has 2 aromatic rings. The first-order valence-electron chi connectivity index (χ1n) is 9.54. The van der Waals surface area contributed by atoms with Crippen molar-refractivity contribution in [2.24, 2.45) is 0 Å². The number of nitrogens with one attached hydrogen (secondary N) is 1. The van der Waals surface area contributed by atoms with Crippen molar-refractivity contribution >= 4 is 17.5 Å². The number of amides is 1. The lowest BCUT2D eigenvalue weighted by molar-refractivity contribution is 0.0948. The van der Waals surface area contributed by atoms with Crippen LogP contribution in [0.1, 0.15) is 36.7 Å². The van der Waals surface area contributed by atoms with Crippen LogP contribution in [0.3, 0.4) is 0 Å². The fourth-order valence-electron chi connectivity index (χ4n) is 3.15. The molecule has 1 aliphatic rings. The summed E-state index contributed by atoms with van der Waals surface area (Å²) < 4.78 is 14.0. The van der Waals surface area contributed by atoms with Crippen LogP contribution in [-0.4, -0.2) is 48.6 Å². The van der Waals surface area contributed by atoms with E-state index >= 15 is 0 Å². The van der Waals surface area contributed by atoms with E-state index in [-0.39, 0.29) is 11.7 Å². The van der Waals surface area contributed by atoms with E-state index in [1.165, 1.54) is 6.07 Å². The second-order valence-electron chi connectivity index (χ2n) is 6.63. The minimum atomic E-state index is -0.205. The highest BCUT2D eigenvalue weighted by Crippen LogP contribution is 2.21. The third kappa shape index (κ3) is 4.93. The molecule has 27 heavy (non-hydrogen) atoms. The molecule has 1 amide bonds. The van der Waals surface area contributed by atoms with Gasteiger partial charge in [0.05, 0.1) is 5.69 Å². The molecule has 1 aromatic carbocycles. The molecule has 1 saturated heterocycles. The van der Waals surface area contributed by atoms with Gasteiger partial charge in [-0.3, -0.25) is 4.79 Å². The third-order valence-electron chi connectivity index (χ3n) is 4.70. The normalized spacial score (nSPS) is 14.3. The van der Waals surface area contributed by atoms with E-state index in [1.54, 1.807) is 24.4 Å². The van der Waals surface area contributed by atoms with Crippen LogP contribution in [-0.2, 0) is 0 Å². The maximum Gasteiger partial charge on any atom is 0.270 e. The number of nitrogens with zero attached hydrogens (tertiary/aromatic N) is 4. The van der Waals surface area contributed by atoms with Crippen molar-refractivity contribution in [2.75, 3.05) is 42.5 Å². The molecule has 0 saturated carbocycles. The number of piperazine rings is 1. The van der Waals surface area contributed by atoms with Crippen LogP contribution < -0.4 is 15.1 Å². The number of unbranched alkanes of at least 4 members (excludes halogenated alkanes) is 2.